The van der Waals surface area contributed by atoms with E-state index < -0.39 is 17.1 Å². The minimum Gasteiger partial charge on any atom is -0.305 e. The summed E-state index contributed by atoms with van der Waals surface area (Å²) in [4.78, 5) is 35.2. The van der Waals surface area contributed by atoms with E-state index in [4.69, 9.17) is 0 Å². The molecule has 31 heavy (non-hydrogen) atoms. The van der Waals surface area contributed by atoms with Crippen LogP contribution in [0.15, 0.2) is 47.5 Å². The van der Waals surface area contributed by atoms with Crippen LogP contribution in [0.25, 0.3) is 0 Å². The summed E-state index contributed by atoms with van der Waals surface area (Å²) in [5.74, 6) is -0.323. The number of hydrogen-bond acceptors (Lipinski definition) is 5. The smallest absolute Gasteiger partial charge is 0.305 e. The molecule has 2 aromatic rings. The second-order valence-corrected chi connectivity index (χ2v) is 9.11. The molecule has 1 aromatic carbocycles. The molecule has 3 amide bonds. The van der Waals surface area contributed by atoms with E-state index in [0.717, 1.165) is 16.2 Å². The Labute approximate surface area is 182 Å². The fourth-order valence-corrected chi connectivity index (χ4v) is 4.32. The molecule has 164 valence electrons. The number of thioether (sulfide) groups is 1. The number of rotatable bonds is 6. The highest BCUT2D eigenvalue weighted by atomic mass is 32.2. The quantitative estimate of drug-likeness (QED) is 0.486. The highest BCUT2D eigenvalue weighted by Crippen LogP contribution is 2.50. The zero-order valence-electron chi connectivity index (χ0n) is 17.0. The van der Waals surface area contributed by atoms with E-state index in [0.29, 0.717) is 19.4 Å². The number of halogens is 3. The number of carbonyl (C=O) groups is 2. The molecule has 2 aliphatic rings. The lowest BCUT2D eigenvalue weighted by Gasteiger charge is -2.21. The molecular weight excluding hydrogens is 429 g/mol. The normalized spacial score (nSPS) is 17.9. The topological polar surface area (TPSA) is 56.8 Å². The first-order valence-electron chi connectivity index (χ1n) is 9.70. The number of amides is 3. The average molecular weight is 450 g/mol. The first kappa shape index (κ1) is 21.6. The average Bonchev–Trinajstić information content (AvgIpc) is 3.44. The monoisotopic (exact) mass is 450 g/mol. The molecule has 1 aliphatic heterocycles. The van der Waals surface area contributed by atoms with Gasteiger partial charge >= 0.3 is 11.5 Å². The minimum atomic E-state index is -4.40. The maximum absolute atomic E-state index is 13.2. The van der Waals surface area contributed by atoms with Crippen molar-refractivity contribution in [1.29, 1.82) is 0 Å². The van der Waals surface area contributed by atoms with Gasteiger partial charge in [-0.3, -0.25) is 9.78 Å². The zero-order valence-corrected chi connectivity index (χ0v) is 17.8. The SMILES string of the molecule is CN(C)Cc1cc(CN2C(=O)N(c3ccc(SC(F)(F)F)cc3)C(=O)C23CC3)ccn1. The second-order valence-electron chi connectivity index (χ2n) is 7.98. The molecule has 1 aliphatic carbocycles. The van der Waals surface area contributed by atoms with Gasteiger partial charge in [0.2, 0.25) is 0 Å². The van der Waals surface area contributed by atoms with Crippen molar-refractivity contribution in [3.05, 3.63) is 53.9 Å². The summed E-state index contributed by atoms with van der Waals surface area (Å²) in [6.07, 6.45) is 2.84. The van der Waals surface area contributed by atoms with Gasteiger partial charge in [0.25, 0.3) is 5.91 Å². The number of pyridine rings is 1. The van der Waals surface area contributed by atoms with Crippen LogP contribution in [0.5, 0.6) is 0 Å². The van der Waals surface area contributed by atoms with Gasteiger partial charge in [-0.05, 0) is 80.7 Å². The van der Waals surface area contributed by atoms with Gasteiger partial charge in [0.05, 0.1) is 11.4 Å². The third-order valence-electron chi connectivity index (χ3n) is 5.29. The molecule has 1 aromatic heterocycles. The van der Waals surface area contributed by atoms with Crippen LogP contribution in [0.1, 0.15) is 24.1 Å². The summed E-state index contributed by atoms with van der Waals surface area (Å²) in [5, 5.41) is 0. The van der Waals surface area contributed by atoms with Crippen LogP contribution in [0, 0.1) is 0 Å². The Morgan fingerprint density at radius 2 is 1.81 bits per heavy atom. The lowest BCUT2D eigenvalue weighted by Crippen LogP contribution is -2.36. The molecule has 0 radical (unpaired) electrons. The number of alkyl halides is 3. The molecule has 10 heteroatoms. The summed E-state index contributed by atoms with van der Waals surface area (Å²) < 4.78 is 37.7. The molecule has 0 atom stereocenters. The predicted octanol–water partition coefficient (Wildman–Crippen LogP) is 4.26. The van der Waals surface area contributed by atoms with Crippen LogP contribution in [0.4, 0.5) is 23.7 Å². The Morgan fingerprint density at radius 1 is 1.13 bits per heavy atom. The first-order valence-corrected chi connectivity index (χ1v) is 10.5. The molecule has 2 heterocycles. The fraction of sp³-hybridized carbons (Fsp3) is 0.381. The number of imide groups is 1. The fourth-order valence-electron chi connectivity index (χ4n) is 3.78. The summed E-state index contributed by atoms with van der Waals surface area (Å²) in [6.45, 7) is 0.923. The van der Waals surface area contributed by atoms with Crippen molar-refractivity contribution in [2.45, 2.75) is 41.9 Å². The van der Waals surface area contributed by atoms with Crippen LogP contribution >= 0.6 is 11.8 Å². The Morgan fingerprint density at radius 3 is 2.39 bits per heavy atom. The third-order valence-corrected chi connectivity index (χ3v) is 6.03. The van der Waals surface area contributed by atoms with Crippen molar-refractivity contribution in [2.24, 2.45) is 0 Å². The number of hydrogen-bond donors (Lipinski definition) is 0. The molecule has 1 saturated heterocycles. The minimum absolute atomic E-state index is 0.00135. The number of carbonyl (C=O) groups excluding carboxylic acids is 2. The molecular formula is C21H21F3N4O2S. The van der Waals surface area contributed by atoms with Crippen molar-refractivity contribution < 1.29 is 22.8 Å². The molecule has 0 unspecified atom stereocenters. The Hall–Kier alpha value is -2.59. The van der Waals surface area contributed by atoms with E-state index in [1.165, 1.54) is 24.3 Å². The van der Waals surface area contributed by atoms with Crippen LogP contribution < -0.4 is 4.90 Å². The molecule has 2 fully saturated rings. The van der Waals surface area contributed by atoms with Crippen LogP contribution in [0.3, 0.4) is 0 Å². The second kappa shape index (κ2) is 7.83. The number of nitrogens with zero attached hydrogens (tertiary/aromatic N) is 4. The Bertz CT molecular complexity index is 1010. The van der Waals surface area contributed by atoms with Crippen molar-refractivity contribution in [3.63, 3.8) is 0 Å². The number of aromatic nitrogens is 1. The summed E-state index contributed by atoms with van der Waals surface area (Å²) in [5.41, 5.74) is -3.25. The third kappa shape index (κ3) is 4.40. The molecule has 4 rings (SSSR count). The van der Waals surface area contributed by atoms with Crippen molar-refractivity contribution in [1.82, 2.24) is 14.8 Å². The van der Waals surface area contributed by atoms with E-state index in [1.54, 1.807) is 11.1 Å². The van der Waals surface area contributed by atoms with Crippen molar-refractivity contribution in [3.8, 4) is 0 Å². The van der Waals surface area contributed by atoms with Gasteiger partial charge in [-0.2, -0.15) is 13.2 Å². The van der Waals surface area contributed by atoms with Gasteiger partial charge < -0.3 is 9.80 Å². The lowest BCUT2D eigenvalue weighted by molar-refractivity contribution is -0.120. The molecule has 6 nitrogen and oxygen atoms in total. The largest absolute Gasteiger partial charge is 0.446 e. The van der Waals surface area contributed by atoms with Gasteiger partial charge in [0, 0.05) is 24.2 Å². The van der Waals surface area contributed by atoms with Crippen molar-refractivity contribution in [2.75, 3.05) is 19.0 Å². The first-order chi connectivity index (χ1) is 14.6. The summed E-state index contributed by atoms with van der Waals surface area (Å²) >= 11 is -0.235. The highest BCUT2D eigenvalue weighted by Gasteiger charge is 2.65. The van der Waals surface area contributed by atoms with Gasteiger partial charge in [0.1, 0.15) is 5.54 Å². The number of urea groups is 1. The highest BCUT2D eigenvalue weighted by molar-refractivity contribution is 8.00. The van der Waals surface area contributed by atoms with E-state index in [1.807, 2.05) is 31.1 Å². The number of benzene rings is 1. The van der Waals surface area contributed by atoms with Gasteiger partial charge in [-0.1, -0.05) is 0 Å². The van der Waals surface area contributed by atoms with E-state index in [2.05, 4.69) is 4.98 Å². The summed E-state index contributed by atoms with van der Waals surface area (Å²) in [6, 6.07) is 8.58. The van der Waals surface area contributed by atoms with Gasteiger partial charge in [0.15, 0.2) is 0 Å². The maximum Gasteiger partial charge on any atom is 0.446 e. The van der Waals surface area contributed by atoms with Gasteiger partial charge in [-0.15, -0.1) is 0 Å². The van der Waals surface area contributed by atoms with Gasteiger partial charge in [-0.25, -0.2) is 9.69 Å². The van der Waals surface area contributed by atoms with E-state index >= 15 is 0 Å². The number of anilines is 1. The molecule has 0 N–H and O–H groups in total. The Balaban J connectivity index is 1.56. The van der Waals surface area contributed by atoms with Crippen molar-refractivity contribution >= 4 is 29.4 Å². The molecule has 0 bridgehead atoms. The summed E-state index contributed by atoms with van der Waals surface area (Å²) in [7, 11) is 3.87. The molecule has 1 saturated carbocycles. The Kier molecular flexibility index (Phi) is 5.47. The van der Waals surface area contributed by atoms with Crippen LogP contribution in [-0.4, -0.2) is 51.9 Å². The lowest BCUT2D eigenvalue weighted by atomic mass is 10.1. The van der Waals surface area contributed by atoms with Crippen LogP contribution in [-0.2, 0) is 17.9 Å². The standard InChI is InChI=1S/C21H21F3N4O2S/c1-26(2)13-15-11-14(7-10-25-15)12-27-19(30)28(18(29)20(27)8-9-20)16-3-5-17(6-4-16)31-21(22,23)24/h3-7,10-11H,8-9,12-13H2,1-2H3. The molecule has 1 spiro atoms. The van der Waals surface area contributed by atoms with E-state index in [-0.39, 0.29) is 34.8 Å². The van der Waals surface area contributed by atoms with E-state index in [9.17, 15) is 22.8 Å². The van der Waals surface area contributed by atoms with Crippen LogP contribution in [0.2, 0.25) is 0 Å². The predicted molar refractivity (Wildman–Crippen MR) is 110 cm³/mol. The maximum atomic E-state index is 13.2. The zero-order chi connectivity index (χ0) is 22.4.